The van der Waals surface area contributed by atoms with E-state index >= 15 is 0 Å². The highest BCUT2D eigenvalue weighted by molar-refractivity contribution is 6.32. The van der Waals surface area contributed by atoms with E-state index in [1.807, 2.05) is 0 Å². The van der Waals surface area contributed by atoms with Crippen LogP contribution in [0, 0.1) is 5.41 Å². The van der Waals surface area contributed by atoms with Gasteiger partial charge in [-0.15, -0.1) is 0 Å². The summed E-state index contributed by atoms with van der Waals surface area (Å²) in [5.74, 6) is -0.692. The molecular formula is C14H17ClN4O2. The Balaban J connectivity index is 2.39. The molecule has 2 rings (SSSR count). The molecule has 0 saturated carbocycles. The minimum absolute atomic E-state index is 0.00731. The molecule has 0 bridgehead atoms. The molecule has 21 heavy (non-hydrogen) atoms. The molecule has 0 aromatic heterocycles. The van der Waals surface area contributed by atoms with Crippen LogP contribution >= 0.6 is 11.6 Å². The Morgan fingerprint density at radius 1 is 1.52 bits per heavy atom. The Morgan fingerprint density at radius 2 is 2.29 bits per heavy atom. The highest BCUT2D eigenvalue weighted by atomic mass is 35.5. The van der Waals surface area contributed by atoms with Crippen LogP contribution in [0.5, 0.6) is 0 Å². The number of halogens is 1. The van der Waals surface area contributed by atoms with Crippen LogP contribution in [0.1, 0.15) is 5.56 Å². The van der Waals surface area contributed by atoms with Gasteiger partial charge in [0.1, 0.15) is 0 Å². The number of rotatable bonds is 4. The molecule has 1 aromatic rings. The predicted molar refractivity (Wildman–Crippen MR) is 81.4 cm³/mol. The number of carbonyl (C=O) groups is 1. The van der Waals surface area contributed by atoms with Crippen molar-refractivity contribution in [2.75, 3.05) is 19.7 Å². The standard InChI is InChI=1S/C14H17ClN4O2/c15-9-3-1-2-8(4-9)13(16)12(14(17)21)11-6-18-5-10(7-20)19-11/h1-4,10,16,18-20H,5-7H2,(H2,17,21)/b12-11+,16-13?. The van der Waals surface area contributed by atoms with Gasteiger partial charge in [0.25, 0.3) is 5.91 Å². The van der Waals surface area contributed by atoms with Gasteiger partial charge in [0, 0.05) is 29.4 Å². The quantitative estimate of drug-likeness (QED) is 0.398. The van der Waals surface area contributed by atoms with E-state index in [2.05, 4.69) is 10.6 Å². The van der Waals surface area contributed by atoms with Crippen LogP contribution in [0.3, 0.4) is 0 Å². The molecule has 7 heteroatoms. The van der Waals surface area contributed by atoms with E-state index in [1.165, 1.54) is 0 Å². The summed E-state index contributed by atoms with van der Waals surface area (Å²) in [6.45, 7) is 0.890. The summed E-state index contributed by atoms with van der Waals surface area (Å²) < 4.78 is 0. The first-order chi connectivity index (χ1) is 10.0. The molecule has 1 unspecified atom stereocenters. The van der Waals surface area contributed by atoms with Crippen LogP contribution in [0.4, 0.5) is 0 Å². The fraction of sp³-hybridized carbons (Fsp3) is 0.286. The average Bonchev–Trinajstić information content (AvgIpc) is 2.47. The van der Waals surface area contributed by atoms with Crippen molar-refractivity contribution in [3.05, 3.63) is 46.1 Å². The third kappa shape index (κ3) is 3.60. The second-order valence-corrected chi connectivity index (χ2v) is 5.19. The van der Waals surface area contributed by atoms with Gasteiger partial charge < -0.3 is 21.5 Å². The summed E-state index contributed by atoms with van der Waals surface area (Å²) >= 11 is 5.91. The van der Waals surface area contributed by atoms with Gasteiger partial charge in [-0.25, -0.2) is 0 Å². The van der Waals surface area contributed by atoms with E-state index in [1.54, 1.807) is 24.3 Å². The average molecular weight is 309 g/mol. The number of aliphatic hydroxyl groups excluding tert-OH is 1. The van der Waals surface area contributed by atoms with Crippen LogP contribution in [0.2, 0.25) is 5.02 Å². The zero-order chi connectivity index (χ0) is 15.4. The van der Waals surface area contributed by atoms with Gasteiger partial charge in [0.15, 0.2) is 0 Å². The molecule has 112 valence electrons. The first-order valence-corrected chi connectivity index (χ1v) is 6.86. The monoisotopic (exact) mass is 308 g/mol. The normalized spacial score (nSPS) is 20.6. The van der Waals surface area contributed by atoms with E-state index in [-0.39, 0.29) is 23.9 Å². The molecule has 1 fully saturated rings. The molecule has 1 aromatic carbocycles. The van der Waals surface area contributed by atoms with Crippen LogP contribution in [0.25, 0.3) is 0 Å². The molecular weight excluding hydrogens is 292 g/mol. The Hall–Kier alpha value is -1.89. The number of hydrogen-bond donors (Lipinski definition) is 5. The first-order valence-electron chi connectivity index (χ1n) is 6.49. The van der Waals surface area contributed by atoms with Crippen LogP contribution in [-0.4, -0.2) is 42.5 Å². The third-order valence-electron chi connectivity index (χ3n) is 3.20. The summed E-state index contributed by atoms with van der Waals surface area (Å²) in [6.07, 6.45) is 0. The minimum atomic E-state index is -0.692. The number of nitrogens with two attached hydrogens (primary N) is 1. The van der Waals surface area contributed by atoms with Crippen LogP contribution < -0.4 is 16.4 Å². The fourth-order valence-electron chi connectivity index (χ4n) is 2.20. The maximum absolute atomic E-state index is 11.8. The predicted octanol–water partition coefficient (Wildman–Crippen LogP) is 0.000970. The van der Waals surface area contributed by atoms with Gasteiger partial charge in [-0.2, -0.15) is 0 Å². The van der Waals surface area contributed by atoms with Crippen molar-refractivity contribution in [1.29, 1.82) is 5.41 Å². The van der Waals surface area contributed by atoms with E-state index in [4.69, 9.17) is 22.7 Å². The summed E-state index contributed by atoms with van der Waals surface area (Å²) in [5.41, 5.74) is 6.56. The van der Waals surface area contributed by atoms with Crippen LogP contribution in [-0.2, 0) is 4.79 Å². The summed E-state index contributed by atoms with van der Waals surface area (Å²) in [6, 6.07) is 6.48. The van der Waals surface area contributed by atoms with E-state index < -0.39 is 5.91 Å². The summed E-state index contributed by atoms with van der Waals surface area (Å²) in [4.78, 5) is 11.8. The van der Waals surface area contributed by atoms with Gasteiger partial charge in [-0.05, 0) is 12.1 Å². The lowest BCUT2D eigenvalue weighted by atomic mass is 9.98. The molecule has 1 atom stereocenters. The number of carbonyl (C=O) groups excluding carboxylic acids is 1. The van der Waals surface area contributed by atoms with Gasteiger partial charge >= 0.3 is 0 Å². The minimum Gasteiger partial charge on any atom is -0.394 e. The Kier molecular flexibility index (Phi) is 4.95. The number of nitrogens with one attached hydrogen (secondary N) is 3. The zero-order valence-electron chi connectivity index (χ0n) is 11.3. The van der Waals surface area contributed by atoms with Crippen molar-refractivity contribution in [3.63, 3.8) is 0 Å². The maximum atomic E-state index is 11.8. The number of benzene rings is 1. The van der Waals surface area contributed by atoms with Crippen molar-refractivity contribution in [1.82, 2.24) is 10.6 Å². The fourth-order valence-corrected chi connectivity index (χ4v) is 2.39. The number of aliphatic hydroxyl groups is 1. The van der Waals surface area contributed by atoms with Crippen molar-refractivity contribution in [3.8, 4) is 0 Å². The Morgan fingerprint density at radius 3 is 2.90 bits per heavy atom. The molecule has 6 nitrogen and oxygen atoms in total. The van der Waals surface area contributed by atoms with Gasteiger partial charge in [0.05, 0.1) is 23.9 Å². The highest BCUT2D eigenvalue weighted by Gasteiger charge is 2.23. The largest absolute Gasteiger partial charge is 0.394 e. The molecule has 0 aliphatic carbocycles. The van der Waals surface area contributed by atoms with Gasteiger partial charge in [-0.1, -0.05) is 23.7 Å². The third-order valence-corrected chi connectivity index (χ3v) is 3.44. The van der Waals surface area contributed by atoms with Crippen molar-refractivity contribution < 1.29 is 9.90 Å². The maximum Gasteiger partial charge on any atom is 0.252 e. The number of hydrogen-bond acceptors (Lipinski definition) is 5. The number of piperazine rings is 1. The van der Waals surface area contributed by atoms with Crippen molar-refractivity contribution in [2.24, 2.45) is 5.73 Å². The number of primary amides is 1. The molecule has 1 amide bonds. The van der Waals surface area contributed by atoms with Gasteiger partial charge in [-0.3, -0.25) is 10.2 Å². The van der Waals surface area contributed by atoms with Gasteiger partial charge in [0.2, 0.25) is 0 Å². The van der Waals surface area contributed by atoms with Crippen molar-refractivity contribution in [2.45, 2.75) is 6.04 Å². The first kappa shape index (κ1) is 15.5. The highest BCUT2D eigenvalue weighted by Crippen LogP contribution is 2.16. The Bertz CT molecular complexity index is 600. The smallest absolute Gasteiger partial charge is 0.252 e. The van der Waals surface area contributed by atoms with E-state index in [9.17, 15) is 9.90 Å². The van der Waals surface area contributed by atoms with E-state index in [0.717, 1.165) is 0 Å². The summed E-state index contributed by atoms with van der Waals surface area (Å²) in [7, 11) is 0. The lowest BCUT2D eigenvalue weighted by Gasteiger charge is -2.28. The molecule has 1 heterocycles. The molecule has 1 saturated heterocycles. The molecule has 0 radical (unpaired) electrons. The lowest BCUT2D eigenvalue weighted by molar-refractivity contribution is -0.114. The van der Waals surface area contributed by atoms with Crippen molar-refractivity contribution >= 4 is 23.2 Å². The molecule has 6 N–H and O–H groups in total. The topological polar surface area (TPSA) is 111 Å². The number of amides is 1. The van der Waals surface area contributed by atoms with Crippen LogP contribution in [0.15, 0.2) is 35.5 Å². The van der Waals surface area contributed by atoms with E-state index in [0.29, 0.717) is 29.4 Å². The zero-order valence-corrected chi connectivity index (χ0v) is 12.1. The molecule has 1 aliphatic rings. The summed E-state index contributed by atoms with van der Waals surface area (Å²) in [5, 5.41) is 24.0. The Labute approximate surface area is 127 Å². The second-order valence-electron chi connectivity index (χ2n) is 4.76. The molecule has 0 spiro atoms. The second kappa shape index (κ2) is 6.71. The SMILES string of the molecule is N=C(/C(C(N)=O)=C1/CNCC(CO)N1)c1cccc(Cl)c1. The molecule has 1 aliphatic heterocycles. The lowest BCUT2D eigenvalue weighted by Crippen LogP contribution is -2.50.